The highest BCUT2D eigenvalue weighted by Gasteiger charge is 2.22. The summed E-state index contributed by atoms with van der Waals surface area (Å²) in [5.41, 5.74) is 2.18. The zero-order valence-electron chi connectivity index (χ0n) is 15.8. The number of thiophene rings is 1. The van der Waals surface area contributed by atoms with E-state index in [1.165, 1.54) is 12.8 Å². The Morgan fingerprint density at radius 1 is 1.30 bits per heavy atom. The van der Waals surface area contributed by atoms with Gasteiger partial charge in [0.25, 0.3) is 0 Å². The maximum atomic E-state index is 5.89. The van der Waals surface area contributed by atoms with Gasteiger partial charge < -0.3 is 14.5 Å². The highest BCUT2D eigenvalue weighted by atomic mass is 32.1. The van der Waals surface area contributed by atoms with Gasteiger partial charge in [0.1, 0.15) is 11.5 Å². The van der Waals surface area contributed by atoms with Crippen LogP contribution in [0.4, 0.5) is 5.69 Å². The molecule has 3 heterocycles. The van der Waals surface area contributed by atoms with Crippen LogP contribution in [-0.4, -0.2) is 36.1 Å². The molecular weight excluding hydrogens is 358 g/mol. The van der Waals surface area contributed by atoms with Gasteiger partial charge in [0, 0.05) is 24.8 Å². The number of methoxy groups -OCH3 is 1. The molecule has 0 bridgehead atoms. The van der Waals surface area contributed by atoms with Crippen molar-refractivity contribution in [2.75, 3.05) is 25.5 Å². The Morgan fingerprint density at radius 2 is 2.15 bits per heavy atom. The second kappa shape index (κ2) is 8.15. The van der Waals surface area contributed by atoms with Crippen LogP contribution in [0.1, 0.15) is 24.3 Å². The Hall–Kier alpha value is -2.31. The van der Waals surface area contributed by atoms with E-state index in [2.05, 4.69) is 33.8 Å². The number of likely N-dealkylation sites (tertiary alicyclic amines) is 1. The first-order chi connectivity index (χ1) is 13.2. The number of oxazole rings is 1. The summed E-state index contributed by atoms with van der Waals surface area (Å²) in [5, 5.41) is 5.70. The number of piperidine rings is 1. The fourth-order valence-electron chi connectivity index (χ4n) is 3.53. The number of rotatable bonds is 6. The van der Waals surface area contributed by atoms with Gasteiger partial charge in [0.15, 0.2) is 0 Å². The van der Waals surface area contributed by atoms with Gasteiger partial charge in [0.2, 0.25) is 5.89 Å². The van der Waals surface area contributed by atoms with Crippen molar-refractivity contribution in [3.63, 3.8) is 0 Å². The Kier molecular flexibility index (Phi) is 5.45. The second-order valence-corrected chi connectivity index (χ2v) is 7.89. The van der Waals surface area contributed by atoms with Gasteiger partial charge in [0.05, 0.1) is 17.7 Å². The monoisotopic (exact) mass is 383 g/mol. The van der Waals surface area contributed by atoms with Crippen LogP contribution in [0.2, 0.25) is 0 Å². The summed E-state index contributed by atoms with van der Waals surface area (Å²) >= 11 is 1.66. The highest BCUT2D eigenvalue weighted by molar-refractivity contribution is 7.13. The molecule has 4 rings (SSSR count). The zero-order chi connectivity index (χ0) is 18.6. The van der Waals surface area contributed by atoms with E-state index in [-0.39, 0.29) is 0 Å². The van der Waals surface area contributed by atoms with E-state index in [9.17, 15) is 0 Å². The minimum absolute atomic E-state index is 0.441. The molecule has 0 saturated carbocycles. The van der Waals surface area contributed by atoms with Crippen molar-refractivity contribution in [3.8, 4) is 16.5 Å². The lowest BCUT2D eigenvalue weighted by Crippen LogP contribution is -2.41. The van der Waals surface area contributed by atoms with Crippen molar-refractivity contribution in [3.05, 3.63) is 53.2 Å². The molecule has 1 saturated heterocycles. The lowest BCUT2D eigenvalue weighted by molar-refractivity contribution is 0.206. The molecule has 5 nitrogen and oxygen atoms in total. The number of hydrogen-bond donors (Lipinski definition) is 1. The first-order valence-corrected chi connectivity index (χ1v) is 10.2. The summed E-state index contributed by atoms with van der Waals surface area (Å²) in [4.78, 5) is 8.29. The maximum absolute atomic E-state index is 5.89. The predicted molar refractivity (Wildman–Crippen MR) is 109 cm³/mol. The van der Waals surface area contributed by atoms with Crippen LogP contribution in [0.15, 0.2) is 46.2 Å². The third-order valence-electron chi connectivity index (χ3n) is 4.96. The summed E-state index contributed by atoms with van der Waals surface area (Å²) in [6.07, 6.45) is 2.36. The van der Waals surface area contributed by atoms with Crippen molar-refractivity contribution < 1.29 is 9.15 Å². The Labute approximate surface area is 164 Å². The fraction of sp³-hybridized carbons (Fsp3) is 0.381. The largest absolute Gasteiger partial charge is 0.497 e. The standard InChI is InChI=1S/C21H25N3O2S/c1-15-19(23-21(26-15)20-6-4-12-27-20)14-24-11-3-5-17(13-24)22-16-7-9-18(25-2)10-8-16/h4,6-10,12,17,22H,3,5,11,13-14H2,1-2H3. The SMILES string of the molecule is COc1ccc(NC2CCCN(Cc3nc(-c4cccs4)oc3C)C2)cc1. The molecule has 1 N–H and O–H groups in total. The molecule has 0 spiro atoms. The molecule has 1 fully saturated rings. The maximum Gasteiger partial charge on any atom is 0.236 e. The topological polar surface area (TPSA) is 50.5 Å². The van der Waals surface area contributed by atoms with E-state index < -0.39 is 0 Å². The summed E-state index contributed by atoms with van der Waals surface area (Å²) in [5.74, 6) is 2.54. The van der Waals surface area contributed by atoms with Gasteiger partial charge in [-0.05, 0) is 62.0 Å². The summed E-state index contributed by atoms with van der Waals surface area (Å²) in [6, 6.07) is 12.7. The van der Waals surface area contributed by atoms with Crippen molar-refractivity contribution in [1.29, 1.82) is 0 Å². The summed E-state index contributed by atoms with van der Waals surface area (Å²) in [6.45, 7) is 4.95. The van der Waals surface area contributed by atoms with Gasteiger partial charge in [-0.2, -0.15) is 0 Å². The molecule has 142 valence electrons. The van der Waals surface area contributed by atoms with E-state index in [4.69, 9.17) is 14.1 Å². The van der Waals surface area contributed by atoms with Gasteiger partial charge in [-0.15, -0.1) is 11.3 Å². The van der Waals surface area contributed by atoms with Crippen molar-refractivity contribution in [2.24, 2.45) is 0 Å². The number of anilines is 1. The predicted octanol–water partition coefficient (Wildman–Crippen LogP) is 4.80. The number of ether oxygens (including phenoxy) is 1. The van der Waals surface area contributed by atoms with Gasteiger partial charge >= 0.3 is 0 Å². The number of benzene rings is 1. The van der Waals surface area contributed by atoms with Crippen LogP contribution in [0.25, 0.3) is 10.8 Å². The zero-order valence-corrected chi connectivity index (χ0v) is 16.6. The van der Waals surface area contributed by atoms with Crippen LogP contribution >= 0.6 is 11.3 Å². The second-order valence-electron chi connectivity index (χ2n) is 6.95. The lowest BCUT2D eigenvalue weighted by atomic mass is 10.0. The van der Waals surface area contributed by atoms with Crippen LogP contribution in [0.3, 0.4) is 0 Å². The molecule has 1 aromatic carbocycles. The number of aryl methyl sites for hydroxylation is 1. The number of hydrogen-bond acceptors (Lipinski definition) is 6. The third kappa shape index (κ3) is 4.34. The first kappa shape index (κ1) is 18.1. The van der Waals surface area contributed by atoms with E-state index >= 15 is 0 Å². The lowest BCUT2D eigenvalue weighted by Gasteiger charge is -2.33. The molecule has 2 aromatic heterocycles. The number of nitrogens with zero attached hydrogens (tertiary/aromatic N) is 2. The van der Waals surface area contributed by atoms with E-state index in [1.54, 1.807) is 18.4 Å². The number of nitrogens with one attached hydrogen (secondary N) is 1. The minimum atomic E-state index is 0.441. The molecule has 0 aliphatic carbocycles. The molecule has 1 aliphatic heterocycles. The minimum Gasteiger partial charge on any atom is -0.497 e. The van der Waals surface area contributed by atoms with Gasteiger partial charge in [-0.1, -0.05) is 6.07 Å². The van der Waals surface area contributed by atoms with Crippen molar-refractivity contribution in [1.82, 2.24) is 9.88 Å². The molecule has 3 aromatic rings. The average molecular weight is 384 g/mol. The van der Waals surface area contributed by atoms with Crippen LogP contribution < -0.4 is 10.1 Å². The molecule has 1 aliphatic rings. The van der Waals surface area contributed by atoms with E-state index in [0.29, 0.717) is 6.04 Å². The molecule has 1 unspecified atom stereocenters. The Balaban J connectivity index is 1.38. The molecular formula is C21H25N3O2S. The Bertz CT molecular complexity index is 858. The summed E-state index contributed by atoms with van der Waals surface area (Å²) < 4.78 is 11.1. The van der Waals surface area contributed by atoms with Crippen LogP contribution in [0.5, 0.6) is 5.75 Å². The van der Waals surface area contributed by atoms with Gasteiger partial charge in [-0.25, -0.2) is 4.98 Å². The van der Waals surface area contributed by atoms with E-state index in [1.807, 2.05) is 25.1 Å². The molecule has 0 amide bonds. The average Bonchev–Trinajstić information content (AvgIpc) is 3.33. The smallest absolute Gasteiger partial charge is 0.236 e. The first-order valence-electron chi connectivity index (χ1n) is 9.34. The quantitative estimate of drug-likeness (QED) is 0.663. The van der Waals surface area contributed by atoms with Crippen LogP contribution in [-0.2, 0) is 6.54 Å². The van der Waals surface area contributed by atoms with E-state index in [0.717, 1.165) is 53.3 Å². The fourth-order valence-corrected chi connectivity index (χ4v) is 4.18. The highest BCUT2D eigenvalue weighted by Crippen LogP contribution is 2.27. The molecule has 0 radical (unpaired) electrons. The summed E-state index contributed by atoms with van der Waals surface area (Å²) in [7, 11) is 1.69. The normalized spacial score (nSPS) is 17.8. The Morgan fingerprint density at radius 3 is 2.89 bits per heavy atom. The third-order valence-corrected chi connectivity index (χ3v) is 5.82. The van der Waals surface area contributed by atoms with Crippen molar-refractivity contribution in [2.45, 2.75) is 32.4 Å². The number of aromatic nitrogens is 1. The van der Waals surface area contributed by atoms with Crippen molar-refractivity contribution >= 4 is 17.0 Å². The molecule has 1 atom stereocenters. The molecule has 27 heavy (non-hydrogen) atoms. The molecule has 6 heteroatoms. The van der Waals surface area contributed by atoms with Gasteiger partial charge in [-0.3, -0.25) is 4.90 Å². The van der Waals surface area contributed by atoms with Crippen LogP contribution in [0, 0.1) is 6.92 Å².